The van der Waals surface area contributed by atoms with Crippen LogP contribution >= 0.6 is 31.9 Å². The van der Waals surface area contributed by atoms with Crippen LogP contribution in [-0.2, 0) is 0 Å². The number of hydrogen-bond donors (Lipinski definition) is 0. The van der Waals surface area contributed by atoms with Gasteiger partial charge in [0.05, 0.1) is 11.4 Å². The summed E-state index contributed by atoms with van der Waals surface area (Å²) in [7, 11) is 0. The fourth-order valence-electron chi connectivity index (χ4n) is 2.13. The molecule has 0 aliphatic heterocycles. The molecule has 2 aromatic carbocycles. The van der Waals surface area contributed by atoms with Gasteiger partial charge in [-0.2, -0.15) is 0 Å². The smallest absolute Gasteiger partial charge is 0.0555 e. The van der Waals surface area contributed by atoms with Gasteiger partial charge in [0.2, 0.25) is 0 Å². The molecule has 0 fully saturated rings. The zero-order valence-electron chi connectivity index (χ0n) is 11.4. The van der Waals surface area contributed by atoms with Crippen LogP contribution in [0.5, 0.6) is 0 Å². The fraction of sp³-hybridized carbons (Fsp3) is 0.250. The maximum Gasteiger partial charge on any atom is 0.0555 e. The Labute approximate surface area is 131 Å². The van der Waals surface area contributed by atoms with E-state index >= 15 is 0 Å². The summed E-state index contributed by atoms with van der Waals surface area (Å²) in [4.78, 5) is 2.30. The van der Waals surface area contributed by atoms with E-state index in [9.17, 15) is 0 Å². The van der Waals surface area contributed by atoms with Crippen LogP contribution in [0.25, 0.3) is 0 Å². The molecule has 0 spiro atoms. The van der Waals surface area contributed by atoms with Crippen LogP contribution in [0.3, 0.4) is 0 Å². The molecular formula is C16H17Br2N. The second-order valence-corrected chi connectivity index (χ2v) is 6.36. The van der Waals surface area contributed by atoms with E-state index in [1.54, 1.807) is 0 Å². The molecule has 0 heterocycles. The first-order valence-corrected chi connectivity index (χ1v) is 7.91. The predicted molar refractivity (Wildman–Crippen MR) is 90.4 cm³/mol. The Balaban J connectivity index is 2.50. The van der Waals surface area contributed by atoms with Gasteiger partial charge in [0.25, 0.3) is 0 Å². The number of hydrogen-bond acceptors (Lipinski definition) is 1. The zero-order valence-corrected chi connectivity index (χ0v) is 14.5. The lowest BCUT2D eigenvalue weighted by Crippen LogP contribution is -2.17. The molecule has 0 radical (unpaired) electrons. The van der Waals surface area contributed by atoms with Gasteiger partial charge in [-0.1, -0.05) is 12.1 Å². The Morgan fingerprint density at radius 3 is 1.58 bits per heavy atom. The highest BCUT2D eigenvalue weighted by atomic mass is 79.9. The van der Waals surface area contributed by atoms with Crippen molar-refractivity contribution >= 4 is 43.2 Å². The molecule has 0 aliphatic rings. The quantitative estimate of drug-likeness (QED) is 0.630. The van der Waals surface area contributed by atoms with E-state index < -0.39 is 0 Å². The minimum Gasteiger partial charge on any atom is -0.340 e. The lowest BCUT2D eigenvalue weighted by molar-refractivity contribution is 1.01. The Bertz CT molecular complexity index is 542. The van der Waals surface area contributed by atoms with Crippen molar-refractivity contribution in [2.45, 2.75) is 20.8 Å². The molecule has 1 nitrogen and oxygen atoms in total. The van der Waals surface area contributed by atoms with Crippen LogP contribution in [0.2, 0.25) is 0 Å². The first-order chi connectivity index (χ1) is 9.02. The SMILES string of the molecule is CCN(c1ccc(C)cc1Br)c1ccc(C)cc1Br. The van der Waals surface area contributed by atoms with Crippen LogP contribution in [0, 0.1) is 13.8 Å². The van der Waals surface area contributed by atoms with Gasteiger partial charge in [-0.25, -0.2) is 0 Å². The van der Waals surface area contributed by atoms with Crippen LogP contribution in [-0.4, -0.2) is 6.54 Å². The molecule has 0 aliphatic carbocycles. The topological polar surface area (TPSA) is 3.24 Å². The lowest BCUT2D eigenvalue weighted by atomic mass is 10.1. The highest BCUT2D eigenvalue weighted by Gasteiger charge is 2.13. The molecule has 0 saturated carbocycles. The lowest BCUT2D eigenvalue weighted by Gasteiger charge is -2.26. The van der Waals surface area contributed by atoms with Crippen molar-refractivity contribution in [3.05, 3.63) is 56.5 Å². The average Bonchev–Trinajstić information content (AvgIpc) is 2.34. The summed E-state index contributed by atoms with van der Waals surface area (Å²) in [5.74, 6) is 0. The molecule has 0 bridgehead atoms. The van der Waals surface area contributed by atoms with Gasteiger partial charge in [0.1, 0.15) is 0 Å². The van der Waals surface area contributed by atoms with Crippen molar-refractivity contribution in [2.75, 3.05) is 11.4 Å². The molecule has 2 aromatic rings. The number of aryl methyl sites for hydroxylation is 2. The van der Waals surface area contributed by atoms with Crippen molar-refractivity contribution in [2.24, 2.45) is 0 Å². The highest BCUT2D eigenvalue weighted by Crippen LogP contribution is 2.36. The van der Waals surface area contributed by atoms with E-state index in [2.05, 4.69) is 93.9 Å². The normalized spacial score (nSPS) is 10.6. The second-order valence-electron chi connectivity index (χ2n) is 4.65. The number of anilines is 2. The number of rotatable bonds is 3. The van der Waals surface area contributed by atoms with E-state index in [1.165, 1.54) is 22.5 Å². The summed E-state index contributed by atoms with van der Waals surface area (Å²) in [6, 6.07) is 12.9. The molecule has 0 atom stereocenters. The summed E-state index contributed by atoms with van der Waals surface area (Å²) in [6.07, 6.45) is 0. The molecule has 0 aromatic heterocycles. The van der Waals surface area contributed by atoms with E-state index in [4.69, 9.17) is 0 Å². The van der Waals surface area contributed by atoms with Gasteiger partial charge in [0, 0.05) is 15.5 Å². The summed E-state index contributed by atoms with van der Waals surface area (Å²) in [5.41, 5.74) is 4.90. The van der Waals surface area contributed by atoms with Crippen LogP contribution < -0.4 is 4.90 Å². The maximum absolute atomic E-state index is 3.67. The summed E-state index contributed by atoms with van der Waals surface area (Å²) >= 11 is 7.34. The van der Waals surface area contributed by atoms with Gasteiger partial charge in [-0.3, -0.25) is 0 Å². The number of benzene rings is 2. The molecule has 100 valence electrons. The maximum atomic E-state index is 3.67. The van der Waals surface area contributed by atoms with Crippen molar-refractivity contribution < 1.29 is 0 Å². The van der Waals surface area contributed by atoms with Gasteiger partial charge in [0.15, 0.2) is 0 Å². The molecule has 19 heavy (non-hydrogen) atoms. The average molecular weight is 383 g/mol. The Morgan fingerprint density at radius 2 is 1.26 bits per heavy atom. The van der Waals surface area contributed by atoms with Gasteiger partial charge >= 0.3 is 0 Å². The zero-order chi connectivity index (χ0) is 14.0. The van der Waals surface area contributed by atoms with Gasteiger partial charge in [-0.05, 0) is 88.0 Å². The molecule has 2 rings (SSSR count). The minimum atomic E-state index is 0.920. The third-order valence-corrected chi connectivity index (χ3v) is 4.37. The summed E-state index contributed by atoms with van der Waals surface area (Å²) in [6.45, 7) is 7.29. The molecule has 0 saturated heterocycles. The van der Waals surface area contributed by atoms with Gasteiger partial charge in [-0.15, -0.1) is 0 Å². The van der Waals surface area contributed by atoms with Crippen molar-refractivity contribution in [3.8, 4) is 0 Å². The van der Waals surface area contributed by atoms with E-state index in [0.29, 0.717) is 0 Å². The monoisotopic (exact) mass is 381 g/mol. The Kier molecular flexibility index (Phi) is 4.69. The number of nitrogens with zero attached hydrogens (tertiary/aromatic N) is 1. The fourth-order valence-corrected chi connectivity index (χ4v) is 3.55. The Morgan fingerprint density at radius 1 is 0.842 bits per heavy atom. The van der Waals surface area contributed by atoms with E-state index in [0.717, 1.165) is 15.5 Å². The van der Waals surface area contributed by atoms with E-state index in [1.807, 2.05) is 0 Å². The summed E-state index contributed by atoms with van der Waals surface area (Å²) in [5, 5.41) is 0. The molecular weight excluding hydrogens is 366 g/mol. The summed E-state index contributed by atoms with van der Waals surface area (Å²) < 4.78 is 2.25. The molecule has 3 heteroatoms. The minimum absolute atomic E-state index is 0.920. The number of halogens is 2. The van der Waals surface area contributed by atoms with Crippen molar-refractivity contribution in [1.82, 2.24) is 0 Å². The molecule has 0 amide bonds. The third kappa shape index (κ3) is 3.21. The highest BCUT2D eigenvalue weighted by molar-refractivity contribution is 9.11. The van der Waals surface area contributed by atoms with Gasteiger partial charge < -0.3 is 4.90 Å². The predicted octanol–water partition coefficient (Wildman–Crippen LogP) is 5.99. The third-order valence-electron chi connectivity index (χ3n) is 3.10. The van der Waals surface area contributed by atoms with Crippen LogP contribution in [0.15, 0.2) is 45.3 Å². The van der Waals surface area contributed by atoms with Crippen LogP contribution in [0.1, 0.15) is 18.1 Å². The van der Waals surface area contributed by atoms with Crippen LogP contribution in [0.4, 0.5) is 11.4 Å². The molecule has 0 unspecified atom stereocenters. The largest absolute Gasteiger partial charge is 0.340 e. The first kappa shape index (κ1) is 14.6. The van der Waals surface area contributed by atoms with Crippen molar-refractivity contribution in [1.29, 1.82) is 0 Å². The van der Waals surface area contributed by atoms with Crippen molar-refractivity contribution in [3.63, 3.8) is 0 Å². The van der Waals surface area contributed by atoms with E-state index in [-0.39, 0.29) is 0 Å². The molecule has 0 N–H and O–H groups in total. The second kappa shape index (κ2) is 6.10. The Hall–Kier alpha value is -0.800. The first-order valence-electron chi connectivity index (χ1n) is 6.32. The standard InChI is InChI=1S/C16H17Br2N/c1-4-19(15-7-5-11(2)9-13(15)17)16-8-6-12(3)10-14(16)18/h5-10H,4H2,1-3H3.